The van der Waals surface area contributed by atoms with E-state index in [1.807, 2.05) is 0 Å². The minimum atomic E-state index is -1.27. The van der Waals surface area contributed by atoms with E-state index < -0.39 is 35.7 Å². The van der Waals surface area contributed by atoms with Crippen LogP contribution in [0.1, 0.15) is 22.8 Å². The Kier molecular flexibility index (Phi) is 4.11. The molecule has 1 aromatic carbocycles. The number of aromatic amines is 1. The van der Waals surface area contributed by atoms with E-state index in [0.29, 0.717) is 15.5 Å². The summed E-state index contributed by atoms with van der Waals surface area (Å²) in [6, 6.07) is 6.48. The van der Waals surface area contributed by atoms with Crippen LogP contribution in [0.2, 0.25) is 0 Å². The van der Waals surface area contributed by atoms with Crippen LogP contribution < -0.4 is 4.87 Å². The van der Waals surface area contributed by atoms with Gasteiger partial charge in [0.15, 0.2) is 0 Å². The number of fused-ring (bicyclic) bond motifs is 1. The molecule has 3 N–H and O–H groups in total. The standard InChI is InChI=1S/C17H14N2O6S2/c20-9-4-2-1-3-8(9)12-13-14(18-16(25)27-13)26-7-17(12)5-10(21)19(15(17)24)6-11(22)23/h1-4,12,20H,5-7H2,(H,18,25)(H,22,23)/t12-,17-/m1/s1. The second kappa shape index (κ2) is 6.24. The number of amides is 2. The highest BCUT2D eigenvalue weighted by molar-refractivity contribution is 7.99. The molecule has 2 atom stereocenters. The number of H-pyrrole nitrogens is 1. The Morgan fingerprint density at radius 2 is 2.04 bits per heavy atom. The van der Waals surface area contributed by atoms with Crippen LogP contribution in [0.5, 0.6) is 5.75 Å². The highest BCUT2D eigenvalue weighted by Gasteiger charge is 2.60. The van der Waals surface area contributed by atoms with Crippen molar-refractivity contribution < 1.29 is 24.6 Å². The lowest BCUT2D eigenvalue weighted by Gasteiger charge is -2.38. The molecule has 4 rings (SSSR count). The maximum atomic E-state index is 13.2. The number of thiazole rings is 1. The molecule has 0 unspecified atom stereocenters. The molecule has 0 bridgehead atoms. The van der Waals surface area contributed by atoms with E-state index in [1.54, 1.807) is 18.2 Å². The van der Waals surface area contributed by atoms with Crippen LogP contribution in [0.4, 0.5) is 0 Å². The number of imide groups is 1. The van der Waals surface area contributed by atoms with E-state index in [0.717, 1.165) is 16.2 Å². The largest absolute Gasteiger partial charge is 0.508 e. The van der Waals surface area contributed by atoms with Crippen molar-refractivity contribution in [1.82, 2.24) is 9.88 Å². The van der Waals surface area contributed by atoms with E-state index in [2.05, 4.69) is 4.98 Å². The van der Waals surface area contributed by atoms with Gasteiger partial charge in [-0.05, 0) is 6.07 Å². The second-order valence-electron chi connectivity index (χ2n) is 6.50. The number of hydrogen-bond acceptors (Lipinski definition) is 7. The molecule has 2 aliphatic heterocycles. The Labute approximate surface area is 160 Å². The molecule has 8 nitrogen and oxygen atoms in total. The van der Waals surface area contributed by atoms with Crippen LogP contribution in [-0.2, 0) is 14.4 Å². The average Bonchev–Trinajstić information content (AvgIpc) is 3.09. The van der Waals surface area contributed by atoms with Gasteiger partial charge < -0.3 is 15.2 Å². The average molecular weight is 406 g/mol. The van der Waals surface area contributed by atoms with Crippen LogP contribution >= 0.6 is 23.1 Å². The highest BCUT2D eigenvalue weighted by Crippen LogP contribution is 2.57. The molecule has 10 heteroatoms. The Bertz CT molecular complexity index is 1030. The lowest BCUT2D eigenvalue weighted by molar-refractivity contribution is -0.150. The first-order chi connectivity index (χ1) is 12.8. The first-order valence-electron chi connectivity index (χ1n) is 8.04. The zero-order valence-corrected chi connectivity index (χ0v) is 15.4. The summed E-state index contributed by atoms with van der Waals surface area (Å²) in [5, 5.41) is 20.1. The SMILES string of the molecule is O=C(O)CN1C(=O)C[C@]2(CSc3[nH]c(=O)sc3[C@H]2c2ccccc2O)C1=O. The molecule has 27 heavy (non-hydrogen) atoms. The van der Waals surface area contributed by atoms with Crippen LogP contribution in [0.15, 0.2) is 34.1 Å². The van der Waals surface area contributed by atoms with Gasteiger partial charge in [-0.1, -0.05) is 29.5 Å². The van der Waals surface area contributed by atoms with E-state index in [1.165, 1.54) is 17.8 Å². The highest BCUT2D eigenvalue weighted by atomic mass is 32.2. The van der Waals surface area contributed by atoms with Gasteiger partial charge in [-0.2, -0.15) is 0 Å². The summed E-state index contributed by atoms with van der Waals surface area (Å²) in [6.45, 7) is -0.701. The van der Waals surface area contributed by atoms with Crippen LogP contribution in [0.25, 0.3) is 0 Å². The molecule has 2 aromatic rings. The number of benzene rings is 1. The van der Waals surface area contributed by atoms with Gasteiger partial charge in [0, 0.05) is 28.5 Å². The molecule has 1 fully saturated rings. The molecular weight excluding hydrogens is 392 g/mol. The number of para-hydroxylation sites is 1. The fraction of sp³-hybridized carbons (Fsp3) is 0.294. The predicted molar refractivity (Wildman–Crippen MR) is 97.0 cm³/mol. The monoisotopic (exact) mass is 406 g/mol. The summed E-state index contributed by atoms with van der Waals surface area (Å²) in [6.07, 6.45) is -0.170. The first kappa shape index (κ1) is 17.8. The molecule has 1 spiro atoms. The molecule has 0 saturated carbocycles. The van der Waals surface area contributed by atoms with E-state index in [9.17, 15) is 24.3 Å². The number of rotatable bonds is 3. The number of phenols is 1. The van der Waals surface area contributed by atoms with Crippen molar-refractivity contribution in [3.63, 3.8) is 0 Å². The van der Waals surface area contributed by atoms with Crippen LogP contribution in [-0.4, -0.2) is 50.2 Å². The lowest BCUT2D eigenvalue weighted by Crippen LogP contribution is -2.44. The number of nitrogens with zero attached hydrogens (tertiary/aromatic N) is 1. The number of aliphatic carboxylic acids is 1. The number of aromatic hydroxyl groups is 1. The fourth-order valence-corrected chi connectivity index (χ4v) is 6.34. The molecule has 1 saturated heterocycles. The number of aromatic nitrogens is 1. The quantitative estimate of drug-likeness (QED) is 0.654. The fourth-order valence-electron chi connectivity index (χ4n) is 3.79. The number of thioether (sulfide) groups is 1. The molecular formula is C17H14N2O6S2. The van der Waals surface area contributed by atoms with Crippen molar-refractivity contribution in [3.05, 3.63) is 44.4 Å². The zero-order valence-electron chi connectivity index (χ0n) is 13.8. The molecule has 0 aliphatic carbocycles. The maximum Gasteiger partial charge on any atom is 0.323 e. The van der Waals surface area contributed by atoms with Crippen molar-refractivity contribution in [2.75, 3.05) is 12.3 Å². The van der Waals surface area contributed by atoms with E-state index in [-0.39, 0.29) is 22.8 Å². The number of nitrogens with one attached hydrogen (secondary N) is 1. The maximum absolute atomic E-state index is 13.2. The summed E-state index contributed by atoms with van der Waals surface area (Å²) in [4.78, 5) is 52.5. The number of carbonyl (C=O) groups is 3. The summed E-state index contributed by atoms with van der Waals surface area (Å²) < 4.78 is 0. The predicted octanol–water partition coefficient (Wildman–Crippen LogP) is 1.21. The summed E-state index contributed by atoms with van der Waals surface area (Å²) in [7, 11) is 0. The van der Waals surface area contributed by atoms with Crippen LogP contribution in [0.3, 0.4) is 0 Å². The van der Waals surface area contributed by atoms with Crippen molar-refractivity contribution in [1.29, 1.82) is 0 Å². The van der Waals surface area contributed by atoms with E-state index in [4.69, 9.17) is 5.11 Å². The number of carboxylic acid groups (broad SMARTS) is 1. The summed E-state index contributed by atoms with van der Waals surface area (Å²) in [5.41, 5.74) is -0.804. The Morgan fingerprint density at radius 1 is 1.30 bits per heavy atom. The van der Waals surface area contributed by atoms with Gasteiger partial charge in [0.25, 0.3) is 0 Å². The van der Waals surface area contributed by atoms with Crippen molar-refractivity contribution in [2.45, 2.75) is 17.4 Å². The topological polar surface area (TPSA) is 128 Å². The van der Waals surface area contributed by atoms with Gasteiger partial charge >= 0.3 is 10.8 Å². The van der Waals surface area contributed by atoms with Gasteiger partial charge in [-0.25, -0.2) is 0 Å². The smallest absolute Gasteiger partial charge is 0.323 e. The summed E-state index contributed by atoms with van der Waals surface area (Å²) >= 11 is 2.20. The first-order valence-corrected chi connectivity index (χ1v) is 9.84. The third-order valence-electron chi connectivity index (χ3n) is 4.91. The van der Waals surface area contributed by atoms with Gasteiger partial charge in [0.1, 0.15) is 12.3 Å². The summed E-state index contributed by atoms with van der Waals surface area (Å²) in [5.74, 6) is -2.97. The molecule has 2 amide bonds. The minimum absolute atomic E-state index is 0.0440. The van der Waals surface area contributed by atoms with Crippen molar-refractivity contribution in [3.8, 4) is 5.75 Å². The Morgan fingerprint density at radius 3 is 2.74 bits per heavy atom. The van der Waals surface area contributed by atoms with Gasteiger partial charge in [-0.3, -0.25) is 24.1 Å². The third kappa shape index (κ3) is 2.67. The van der Waals surface area contributed by atoms with Gasteiger partial charge in [0.2, 0.25) is 11.8 Å². The Hall–Kier alpha value is -2.59. The number of phenolic OH excluding ortho intramolecular Hbond substituents is 1. The molecule has 0 radical (unpaired) electrons. The second-order valence-corrected chi connectivity index (χ2v) is 8.50. The van der Waals surface area contributed by atoms with Crippen LogP contribution in [0, 0.1) is 5.41 Å². The van der Waals surface area contributed by atoms with Gasteiger partial charge in [0.05, 0.1) is 10.4 Å². The number of likely N-dealkylation sites (tertiary alicyclic amines) is 1. The van der Waals surface area contributed by atoms with E-state index >= 15 is 0 Å². The lowest BCUT2D eigenvalue weighted by atomic mass is 9.70. The van der Waals surface area contributed by atoms with Crippen molar-refractivity contribution in [2.24, 2.45) is 5.41 Å². The molecule has 2 aliphatic rings. The van der Waals surface area contributed by atoms with Gasteiger partial charge in [-0.15, -0.1) is 11.8 Å². The minimum Gasteiger partial charge on any atom is -0.508 e. The number of carbonyl (C=O) groups excluding carboxylic acids is 2. The molecule has 1 aromatic heterocycles. The zero-order chi connectivity index (χ0) is 19.3. The molecule has 3 heterocycles. The third-order valence-corrected chi connectivity index (χ3v) is 7.26. The number of carboxylic acids is 1. The normalized spacial score (nSPS) is 24.4. The van der Waals surface area contributed by atoms with Crippen molar-refractivity contribution >= 4 is 40.9 Å². The Balaban J connectivity index is 1.91. The number of hydrogen-bond donors (Lipinski definition) is 3. The molecule has 140 valence electrons.